The normalized spacial score (nSPS) is 23.0. The highest BCUT2D eigenvalue weighted by Crippen LogP contribution is 2.26. The van der Waals surface area contributed by atoms with E-state index >= 15 is 0 Å². The van der Waals surface area contributed by atoms with Crippen LogP contribution in [0.25, 0.3) is 5.69 Å². The molecule has 1 unspecified atom stereocenters. The monoisotopic (exact) mass is 325 g/mol. The van der Waals surface area contributed by atoms with E-state index in [1.807, 2.05) is 6.20 Å². The van der Waals surface area contributed by atoms with Gasteiger partial charge >= 0.3 is 0 Å². The van der Waals surface area contributed by atoms with Gasteiger partial charge in [0.1, 0.15) is 5.82 Å². The lowest BCUT2D eigenvalue weighted by atomic mass is 9.86. The molecule has 0 spiro atoms. The average Bonchev–Trinajstić information content (AvgIpc) is 3.26. The Morgan fingerprint density at radius 1 is 1.12 bits per heavy atom. The number of benzene rings is 1. The fraction of sp³-hybridized carbons (Fsp3) is 0.526. The van der Waals surface area contributed by atoms with Crippen molar-refractivity contribution < 1.29 is 0 Å². The number of rotatable bonds is 4. The molecule has 2 aliphatic heterocycles. The van der Waals surface area contributed by atoms with Crippen LogP contribution in [0.3, 0.4) is 0 Å². The molecule has 1 aromatic heterocycles. The van der Waals surface area contributed by atoms with E-state index in [1.54, 1.807) is 0 Å². The summed E-state index contributed by atoms with van der Waals surface area (Å²) in [5, 5.41) is 0. The maximum absolute atomic E-state index is 4.57. The Morgan fingerprint density at radius 3 is 2.71 bits per heavy atom. The second kappa shape index (κ2) is 7.05. The molecule has 2 N–H and O–H groups in total. The van der Waals surface area contributed by atoms with E-state index in [0.717, 1.165) is 37.3 Å². The zero-order valence-electron chi connectivity index (χ0n) is 14.4. The lowest BCUT2D eigenvalue weighted by Gasteiger charge is -2.35. The quantitative estimate of drug-likeness (QED) is 0.904. The molecule has 1 atom stereocenters. The first-order chi connectivity index (χ1) is 11.8. The van der Waals surface area contributed by atoms with Gasteiger partial charge in [0.05, 0.1) is 11.9 Å². The minimum absolute atomic E-state index is 0.772. The number of nitrogens with one attached hydrogen (secondary N) is 2. The highest BCUT2D eigenvalue weighted by molar-refractivity contribution is 5.35. The molecule has 0 amide bonds. The molecule has 2 aromatic rings. The van der Waals surface area contributed by atoms with Gasteiger partial charge in [-0.15, -0.1) is 0 Å². The van der Waals surface area contributed by atoms with E-state index in [0.29, 0.717) is 0 Å². The number of piperidine rings is 1. The second-order valence-corrected chi connectivity index (χ2v) is 7.13. The summed E-state index contributed by atoms with van der Waals surface area (Å²) in [4.78, 5) is 7.18. The van der Waals surface area contributed by atoms with Gasteiger partial charge in [0.25, 0.3) is 0 Å². The third-order valence-corrected chi connectivity index (χ3v) is 5.47. The van der Waals surface area contributed by atoms with Crippen LogP contribution in [-0.4, -0.2) is 40.6 Å². The summed E-state index contributed by atoms with van der Waals surface area (Å²) in [5.41, 5.74) is 9.07. The Labute approximate surface area is 144 Å². The Balaban J connectivity index is 1.49. The highest BCUT2D eigenvalue weighted by Gasteiger charge is 2.29. The van der Waals surface area contributed by atoms with Gasteiger partial charge in [-0.25, -0.2) is 4.98 Å². The first-order valence-corrected chi connectivity index (χ1v) is 9.08. The molecule has 128 valence electrons. The Morgan fingerprint density at radius 2 is 1.92 bits per heavy atom. The third-order valence-electron chi connectivity index (χ3n) is 5.47. The number of hydrogen-bond donors (Lipinski definition) is 2. The van der Waals surface area contributed by atoms with Crippen molar-refractivity contribution in [1.82, 2.24) is 25.3 Å². The minimum Gasteiger partial charge on any atom is -0.300 e. The van der Waals surface area contributed by atoms with E-state index in [1.165, 1.54) is 37.3 Å². The number of imidazole rings is 1. The topological polar surface area (TPSA) is 45.1 Å². The highest BCUT2D eigenvalue weighted by atomic mass is 15.4. The van der Waals surface area contributed by atoms with Crippen LogP contribution in [0.5, 0.6) is 0 Å². The SMILES string of the molecule is Cc1ncc(CN2CCCC(C3CNNC3)C2)n1-c1ccccc1. The lowest BCUT2D eigenvalue weighted by molar-refractivity contribution is 0.135. The summed E-state index contributed by atoms with van der Waals surface area (Å²) < 4.78 is 2.29. The largest absolute Gasteiger partial charge is 0.300 e. The molecule has 2 fully saturated rings. The first kappa shape index (κ1) is 15.8. The summed E-state index contributed by atoms with van der Waals surface area (Å²) in [6.45, 7) is 7.69. The number of nitrogens with zero attached hydrogens (tertiary/aromatic N) is 3. The number of hydrogen-bond acceptors (Lipinski definition) is 4. The summed E-state index contributed by atoms with van der Waals surface area (Å²) >= 11 is 0. The fourth-order valence-corrected chi connectivity index (χ4v) is 4.19. The maximum Gasteiger partial charge on any atom is 0.110 e. The van der Waals surface area contributed by atoms with Gasteiger partial charge in [-0.2, -0.15) is 0 Å². The van der Waals surface area contributed by atoms with Crippen molar-refractivity contribution in [3.8, 4) is 5.69 Å². The van der Waals surface area contributed by atoms with E-state index in [9.17, 15) is 0 Å². The predicted molar refractivity (Wildman–Crippen MR) is 95.8 cm³/mol. The molecule has 0 saturated carbocycles. The molecule has 4 rings (SSSR count). The maximum atomic E-state index is 4.57. The van der Waals surface area contributed by atoms with Gasteiger partial charge in [0, 0.05) is 31.9 Å². The zero-order chi connectivity index (χ0) is 16.4. The Bertz CT molecular complexity index is 660. The predicted octanol–water partition coefficient (Wildman–Crippen LogP) is 2.12. The number of hydrazine groups is 1. The lowest BCUT2D eigenvalue weighted by Crippen LogP contribution is -2.39. The molecule has 2 saturated heterocycles. The smallest absolute Gasteiger partial charge is 0.110 e. The molecular weight excluding hydrogens is 298 g/mol. The van der Waals surface area contributed by atoms with Gasteiger partial charge in [-0.1, -0.05) is 18.2 Å². The Kier molecular flexibility index (Phi) is 4.65. The van der Waals surface area contributed by atoms with Crippen LogP contribution in [0.1, 0.15) is 24.4 Å². The average molecular weight is 325 g/mol. The molecule has 5 heteroatoms. The molecule has 0 bridgehead atoms. The molecule has 5 nitrogen and oxygen atoms in total. The molecular formula is C19H27N5. The van der Waals surface area contributed by atoms with Gasteiger partial charge in [-0.05, 0) is 50.3 Å². The van der Waals surface area contributed by atoms with E-state index in [4.69, 9.17) is 0 Å². The van der Waals surface area contributed by atoms with Crippen LogP contribution in [0.2, 0.25) is 0 Å². The molecule has 0 radical (unpaired) electrons. The van der Waals surface area contributed by atoms with Crippen molar-refractivity contribution in [3.63, 3.8) is 0 Å². The summed E-state index contributed by atoms with van der Waals surface area (Å²) in [5.74, 6) is 2.64. The molecule has 0 aliphatic carbocycles. The number of aromatic nitrogens is 2. The van der Waals surface area contributed by atoms with Crippen LogP contribution in [0.15, 0.2) is 36.5 Å². The van der Waals surface area contributed by atoms with Crippen molar-refractivity contribution in [3.05, 3.63) is 48.0 Å². The molecule has 3 heterocycles. The third kappa shape index (κ3) is 3.24. The minimum atomic E-state index is 0.772. The van der Waals surface area contributed by atoms with E-state index < -0.39 is 0 Å². The number of para-hydroxylation sites is 1. The summed E-state index contributed by atoms with van der Waals surface area (Å²) in [6.07, 6.45) is 4.71. The van der Waals surface area contributed by atoms with E-state index in [-0.39, 0.29) is 0 Å². The first-order valence-electron chi connectivity index (χ1n) is 9.08. The number of aryl methyl sites for hydroxylation is 1. The van der Waals surface area contributed by atoms with Gasteiger partial charge in [-0.3, -0.25) is 20.3 Å². The van der Waals surface area contributed by atoms with Gasteiger partial charge < -0.3 is 0 Å². The zero-order valence-corrected chi connectivity index (χ0v) is 14.4. The van der Waals surface area contributed by atoms with Crippen LogP contribution >= 0.6 is 0 Å². The Hall–Kier alpha value is -1.69. The second-order valence-electron chi connectivity index (χ2n) is 7.13. The van der Waals surface area contributed by atoms with Crippen molar-refractivity contribution in [2.45, 2.75) is 26.3 Å². The fourth-order valence-electron chi connectivity index (χ4n) is 4.19. The standard InChI is InChI=1S/C19H27N5/c1-15-20-12-19(24(15)18-7-3-2-4-8-18)14-23-9-5-6-16(13-23)17-10-21-22-11-17/h2-4,7-8,12,16-17,21-22H,5-6,9-11,13-14H2,1H3. The molecule has 24 heavy (non-hydrogen) atoms. The van der Waals surface area contributed by atoms with Crippen molar-refractivity contribution in [2.24, 2.45) is 11.8 Å². The van der Waals surface area contributed by atoms with Crippen molar-refractivity contribution in [1.29, 1.82) is 0 Å². The van der Waals surface area contributed by atoms with Gasteiger partial charge in [0.15, 0.2) is 0 Å². The van der Waals surface area contributed by atoms with Crippen LogP contribution in [-0.2, 0) is 6.54 Å². The van der Waals surface area contributed by atoms with Gasteiger partial charge in [0.2, 0.25) is 0 Å². The van der Waals surface area contributed by atoms with E-state index in [2.05, 4.69) is 62.6 Å². The van der Waals surface area contributed by atoms with Crippen LogP contribution in [0.4, 0.5) is 0 Å². The van der Waals surface area contributed by atoms with Crippen LogP contribution in [0, 0.1) is 18.8 Å². The summed E-state index contributed by atoms with van der Waals surface area (Å²) in [6, 6.07) is 10.6. The van der Waals surface area contributed by atoms with Crippen molar-refractivity contribution >= 4 is 0 Å². The molecule has 1 aromatic carbocycles. The van der Waals surface area contributed by atoms with Crippen molar-refractivity contribution in [2.75, 3.05) is 26.2 Å². The number of likely N-dealkylation sites (tertiary alicyclic amines) is 1. The van der Waals surface area contributed by atoms with Crippen LogP contribution < -0.4 is 10.9 Å². The molecule has 2 aliphatic rings. The summed E-state index contributed by atoms with van der Waals surface area (Å²) in [7, 11) is 0.